The van der Waals surface area contributed by atoms with Gasteiger partial charge in [0.1, 0.15) is 11.6 Å². The zero-order chi connectivity index (χ0) is 12.7. The number of aromatic nitrogens is 1. The molecule has 1 aliphatic rings. The van der Waals surface area contributed by atoms with Crippen LogP contribution in [0.1, 0.15) is 5.56 Å². The molecule has 0 spiro atoms. The predicted molar refractivity (Wildman–Crippen MR) is 66.1 cm³/mol. The van der Waals surface area contributed by atoms with Gasteiger partial charge in [0.05, 0.1) is 17.9 Å². The first kappa shape index (κ1) is 10.8. The fourth-order valence-corrected chi connectivity index (χ4v) is 2.11. The highest BCUT2D eigenvalue weighted by atomic mass is 19.1. The molecule has 1 aromatic carbocycles. The van der Waals surface area contributed by atoms with Crippen molar-refractivity contribution in [3.05, 3.63) is 46.1 Å². The standard InChI is InChI=1S/C13H11FN2O2/c14-10-5-7(1-2-11(10)15)9-6-16-13(17)8-3-4-18-12(8)9/h1-2,5-6H,3-4,15H2,(H,16,17). The summed E-state index contributed by atoms with van der Waals surface area (Å²) in [5, 5.41) is 0. The van der Waals surface area contributed by atoms with E-state index in [9.17, 15) is 9.18 Å². The van der Waals surface area contributed by atoms with Crippen LogP contribution >= 0.6 is 0 Å². The van der Waals surface area contributed by atoms with E-state index in [1.54, 1.807) is 6.07 Å². The van der Waals surface area contributed by atoms with Crippen LogP contribution in [0.5, 0.6) is 5.75 Å². The normalized spacial score (nSPS) is 13.2. The summed E-state index contributed by atoms with van der Waals surface area (Å²) < 4.78 is 18.9. The van der Waals surface area contributed by atoms with Crippen molar-refractivity contribution in [2.45, 2.75) is 6.42 Å². The molecule has 0 amide bonds. The van der Waals surface area contributed by atoms with Crippen molar-refractivity contribution in [1.29, 1.82) is 0 Å². The van der Waals surface area contributed by atoms with Gasteiger partial charge in [0.2, 0.25) is 0 Å². The topological polar surface area (TPSA) is 68.1 Å². The minimum absolute atomic E-state index is 0.0979. The Hall–Kier alpha value is -2.30. The van der Waals surface area contributed by atoms with Gasteiger partial charge >= 0.3 is 0 Å². The molecular weight excluding hydrogens is 235 g/mol. The molecule has 0 atom stereocenters. The number of nitrogens with one attached hydrogen (secondary N) is 1. The van der Waals surface area contributed by atoms with E-state index in [1.807, 2.05) is 0 Å². The van der Waals surface area contributed by atoms with Crippen LogP contribution in [-0.2, 0) is 6.42 Å². The second-order valence-corrected chi connectivity index (χ2v) is 4.17. The maximum Gasteiger partial charge on any atom is 0.255 e. The van der Waals surface area contributed by atoms with E-state index in [1.165, 1.54) is 18.3 Å². The van der Waals surface area contributed by atoms with Gasteiger partial charge in [-0.15, -0.1) is 0 Å². The fraction of sp³-hybridized carbons (Fsp3) is 0.154. The van der Waals surface area contributed by atoms with Crippen LogP contribution in [0.15, 0.2) is 29.2 Å². The number of halogens is 1. The molecule has 1 aromatic heterocycles. The van der Waals surface area contributed by atoms with Crippen molar-refractivity contribution in [1.82, 2.24) is 4.98 Å². The molecule has 4 nitrogen and oxygen atoms in total. The Morgan fingerprint density at radius 1 is 1.39 bits per heavy atom. The average Bonchev–Trinajstić information content (AvgIpc) is 2.83. The number of H-pyrrole nitrogens is 1. The van der Waals surface area contributed by atoms with Gasteiger partial charge in [-0.2, -0.15) is 0 Å². The largest absolute Gasteiger partial charge is 0.492 e. The Labute approximate surface area is 102 Å². The first-order valence-corrected chi connectivity index (χ1v) is 5.59. The molecule has 2 heterocycles. The Morgan fingerprint density at radius 2 is 2.22 bits per heavy atom. The lowest BCUT2D eigenvalue weighted by molar-refractivity contribution is 0.358. The van der Waals surface area contributed by atoms with Crippen molar-refractivity contribution < 1.29 is 9.13 Å². The molecule has 0 bridgehead atoms. The number of hydrogen-bond acceptors (Lipinski definition) is 3. The molecule has 0 fully saturated rings. The van der Waals surface area contributed by atoms with Gasteiger partial charge in [-0.05, 0) is 17.7 Å². The molecule has 0 saturated carbocycles. The highest BCUT2D eigenvalue weighted by molar-refractivity contribution is 5.73. The van der Waals surface area contributed by atoms with Gasteiger partial charge in [0, 0.05) is 18.2 Å². The summed E-state index contributed by atoms with van der Waals surface area (Å²) in [6.45, 7) is 0.479. The third-order valence-corrected chi connectivity index (χ3v) is 3.05. The van der Waals surface area contributed by atoms with Crippen molar-refractivity contribution >= 4 is 5.69 Å². The zero-order valence-electron chi connectivity index (χ0n) is 9.50. The minimum Gasteiger partial charge on any atom is -0.492 e. The van der Waals surface area contributed by atoms with Gasteiger partial charge < -0.3 is 15.5 Å². The summed E-state index contributed by atoms with van der Waals surface area (Å²) in [6, 6.07) is 4.54. The quantitative estimate of drug-likeness (QED) is 0.752. The van der Waals surface area contributed by atoms with E-state index in [0.717, 1.165) is 0 Å². The smallest absolute Gasteiger partial charge is 0.255 e. The van der Waals surface area contributed by atoms with Gasteiger partial charge in [0.15, 0.2) is 0 Å². The predicted octanol–water partition coefficient (Wildman–Crippen LogP) is 1.70. The second kappa shape index (κ2) is 3.87. The maximum absolute atomic E-state index is 13.5. The molecule has 3 N–H and O–H groups in total. The molecule has 0 radical (unpaired) electrons. The number of benzene rings is 1. The van der Waals surface area contributed by atoms with E-state index < -0.39 is 5.82 Å². The summed E-state index contributed by atoms with van der Waals surface area (Å²) in [6.07, 6.45) is 2.12. The van der Waals surface area contributed by atoms with E-state index in [-0.39, 0.29) is 11.2 Å². The number of rotatable bonds is 1. The number of nitrogens with two attached hydrogens (primary N) is 1. The third-order valence-electron chi connectivity index (χ3n) is 3.05. The Balaban J connectivity index is 2.21. The molecule has 92 valence electrons. The molecule has 3 rings (SSSR count). The number of hydrogen-bond donors (Lipinski definition) is 2. The number of anilines is 1. The summed E-state index contributed by atoms with van der Waals surface area (Å²) in [4.78, 5) is 14.2. The summed E-state index contributed by atoms with van der Waals surface area (Å²) in [7, 11) is 0. The minimum atomic E-state index is -0.481. The van der Waals surface area contributed by atoms with Crippen molar-refractivity contribution in [3.63, 3.8) is 0 Å². The molecule has 0 aliphatic carbocycles. The number of nitrogen functional groups attached to an aromatic ring is 1. The molecule has 0 unspecified atom stereocenters. The monoisotopic (exact) mass is 246 g/mol. The van der Waals surface area contributed by atoms with Crippen molar-refractivity contribution in [2.75, 3.05) is 12.3 Å². The summed E-state index contributed by atoms with van der Waals surface area (Å²) >= 11 is 0. The van der Waals surface area contributed by atoms with Gasteiger partial charge in [-0.1, -0.05) is 6.07 Å². The lowest BCUT2D eigenvalue weighted by Crippen LogP contribution is -2.10. The van der Waals surface area contributed by atoms with Crippen LogP contribution in [-0.4, -0.2) is 11.6 Å². The Morgan fingerprint density at radius 3 is 3.00 bits per heavy atom. The van der Waals surface area contributed by atoms with E-state index >= 15 is 0 Å². The lowest BCUT2D eigenvalue weighted by atomic mass is 10.0. The van der Waals surface area contributed by atoms with E-state index in [2.05, 4.69) is 4.98 Å². The first-order valence-electron chi connectivity index (χ1n) is 5.59. The molecule has 1 aliphatic heterocycles. The summed E-state index contributed by atoms with van der Waals surface area (Å²) in [5.41, 5.74) is 7.32. The summed E-state index contributed by atoms with van der Waals surface area (Å²) in [5.74, 6) is 0.0633. The van der Waals surface area contributed by atoms with Crippen LogP contribution in [0.3, 0.4) is 0 Å². The van der Waals surface area contributed by atoms with Crippen LogP contribution in [0.4, 0.5) is 10.1 Å². The zero-order valence-corrected chi connectivity index (χ0v) is 9.50. The van der Waals surface area contributed by atoms with E-state index in [0.29, 0.717) is 35.5 Å². The molecule has 0 saturated heterocycles. The van der Waals surface area contributed by atoms with Crippen LogP contribution < -0.4 is 16.0 Å². The van der Waals surface area contributed by atoms with Gasteiger partial charge in [-0.3, -0.25) is 4.79 Å². The first-order chi connectivity index (χ1) is 8.66. The average molecular weight is 246 g/mol. The van der Waals surface area contributed by atoms with Crippen LogP contribution in [0.2, 0.25) is 0 Å². The Kier molecular flexibility index (Phi) is 2.33. The van der Waals surface area contributed by atoms with Crippen molar-refractivity contribution in [2.24, 2.45) is 0 Å². The van der Waals surface area contributed by atoms with Gasteiger partial charge in [-0.25, -0.2) is 4.39 Å². The number of fused-ring (bicyclic) bond motifs is 1. The van der Waals surface area contributed by atoms with Crippen LogP contribution in [0, 0.1) is 5.82 Å². The molecule has 5 heteroatoms. The van der Waals surface area contributed by atoms with Gasteiger partial charge in [0.25, 0.3) is 5.56 Å². The molecule has 2 aromatic rings. The Bertz CT molecular complexity index is 679. The molecule has 18 heavy (non-hydrogen) atoms. The fourth-order valence-electron chi connectivity index (χ4n) is 2.11. The number of pyridine rings is 1. The maximum atomic E-state index is 13.5. The van der Waals surface area contributed by atoms with Crippen molar-refractivity contribution in [3.8, 4) is 16.9 Å². The van der Waals surface area contributed by atoms with Crippen LogP contribution in [0.25, 0.3) is 11.1 Å². The number of ether oxygens (including phenoxy) is 1. The molecular formula is C13H11FN2O2. The lowest BCUT2D eigenvalue weighted by Gasteiger charge is -2.08. The number of aromatic amines is 1. The third kappa shape index (κ3) is 1.55. The van der Waals surface area contributed by atoms with E-state index in [4.69, 9.17) is 10.5 Å². The highest BCUT2D eigenvalue weighted by Gasteiger charge is 2.21. The second-order valence-electron chi connectivity index (χ2n) is 4.17. The SMILES string of the molecule is Nc1ccc(-c2c[nH]c(=O)c3c2OCC3)cc1F. The highest BCUT2D eigenvalue weighted by Crippen LogP contribution is 2.34.